The Balaban J connectivity index is 1.81. The van der Waals surface area contributed by atoms with Crippen LogP contribution in [-0.2, 0) is 21.2 Å². The molecule has 10 nitrogen and oxygen atoms in total. The minimum atomic E-state index is -3.83. The summed E-state index contributed by atoms with van der Waals surface area (Å²) in [5.41, 5.74) is 2.89. The zero-order chi connectivity index (χ0) is 25.1. The maximum atomic E-state index is 14.7. The molecule has 0 aliphatic carbocycles. The summed E-state index contributed by atoms with van der Waals surface area (Å²) in [7, 11) is -3.83. The van der Waals surface area contributed by atoms with Crippen LogP contribution in [-0.4, -0.2) is 69.8 Å². The van der Waals surface area contributed by atoms with Gasteiger partial charge in [0.05, 0.1) is 12.1 Å². The number of benzene rings is 2. The van der Waals surface area contributed by atoms with E-state index in [2.05, 4.69) is 5.10 Å². The first kappa shape index (κ1) is 25.6. The van der Waals surface area contributed by atoms with Crippen LogP contribution in [0.4, 0.5) is 4.39 Å². The van der Waals surface area contributed by atoms with Crippen molar-refractivity contribution in [2.75, 3.05) is 19.5 Å². The van der Waals surface area contributed by atoms with Crippen molar-refractivity contribution in [2.24, 2.45) is 0 Å². The van der Waals surface area contributed by atoms with E-state index in [1.54, 1.807) is 30.5 Å². The number of rotatable bonds is 10. The molecule has 2 atom stereocenters. The standard InChI is InChI=1S/C22H26FN3O7S/c1-22(21(29)25-30,34(2,31)32)7-8-26-11-15-9-14(3-6-20(15)24-26)18-5-4-17(10-19(18)23)33-13-16(28)12-27/h3-6,9-11,16,27-28,30H,7-8,12-13H2,1-2H3,(H,25,29). The quantitative estimate of drug-likeness (QED) is 0.243. The number of hydrogen-bond donors (Lipinski definition) is 4. The van der Waals surface area contributed by atoms with Crippen molar-refractivity contribution in [1.29, 1.82) is 0 Å². The van der Waals surface area contributed by atoms with Gasteiger partial charge < -0.3 is 14.9 Å². The molecule has 4 N–H and O–H groups in total. The van der Waals surface area contributed by atoms with Gasteiger partial charge in [-0.2, -0.15) is 5.10 Å². The second kappa shape index (κ2) is 10.1. The summed E-state index contributed by atoms with van der Waals surface area (Å²) in [6, 6.07) is 9.38. The molecule has 34 heavy (non-hydrogen) atoms. The van der Waals surface area contributed by atoms with Gasteiger partial charge in [0, 0.05) is 36.0 Å². The third-order valence-electron chi connectivity index (χ3n) is 5.67. The first-order valence-corrected chi connectivity index (χ1v) is 12.2. The zero-order valence-electron chi connectivity index (χ0n) is 18.6. The number of carbonyl (C=O) groups is 1. The van der Waals surface area contributed by atoms with Crippen LogP contribution in [0.15, 0.2) is 42.6 Å². The van der Waals surface area contributed by atoms with Gasteiger partial charge in [-0.3, -0.25) is 14.7 Å². The number of hydroxylamine groups is 1. The molecule has 2 aromatic carbocycles. The third-order valence-corrected chi connectivity index (χ3v) is 7.70. The summed E-state index contributed by atoms with van der Waals surface area (Å²) in [6.07, 6.45) is 1.40. The summed E-state index contributed by atoms with van der Waals surface area (Å²) < 4.78 is 43.8. The molecule has 1 aromatic heterocycles. The van der Waals surface area contributed by atoms with Crippen LogP contribution in [0.2, 0.25) is 0 Å². The van der Waals surface area contributed by atoms with Crippen LogP contribution >= 0.6 is 0 Å². The molecule has 0 saturated heterocycles. The van der Waals surface area contributed by atoms with Crippen molar-refractivity contribution < 1.29 is 37.8 Å². The highest BCUT2D eigenvalue weighted by Gasteiger charge is 2.43. The minimum Gasteiger partial charge on any atom is -0.491 e. The lowest BCUT2D eigenvalue weighted by Gasteiger charge is -2.24. The fourth-order valence-electron chi connectivity index (χ4n) is 3.34. The van der Waals surface area contributed by atoms with E-state index in [4.69, 9.17) is 15.1 Å². The van der Waals surface area contributed by atoms with Crippen LogP contribution in [0.3, 0.4) is 0 Å². The number of carbonyl (C=O) groups excluding carboxylic acids is 1. The number of aryl methyl sites for hydroxylation is 1. The van der Waals surface area contributed by atoms with Gasteiger partial charge in [-0.25, -0.2) is 18.3 Å². The number of aliphatic hydroxyl groups is 2. The number of halogens is 1. The van der Waals surface area contributed by atoms with Gasteiger partial charge in [0.15, 0.2) is 14.6 Å². The summed E-state index contributed by atoms with van der Waals surface area (Å²) in [5, 5.41) is 32.2. The largest absolute Gasteiger partial charge is 0.491 e. The Morgan fingerprint density at radius 1 is 1.29 bits per heavy atom. The van der Waals surface area contributed by atoms with Crippen LogP contribution in [0.1, 0.15) is 13.3 Å². The van der Waals surface area contributed by atoms with Gasteiger partial charge in [-0.05, 0) is 43.2 Å². The van der Waals surface area contributed by atoms with Gasteiger partial charge in [0.1, 0.15) is 24.3 Å². The molecule has 0 aliphatic rings. The third kappa shape index (κ3) is 5.36. The predicted octanol–water partition coefficient (Wildman–Crippen LogP) is 1.27. The number of aromatic nitrogens is 2. The Bertz CT molecular complexity index is 1290. The van der Waals surface area contributed by atoms with Crippen LogP contribution < -0.4 is 10.2 Å². The van der Waals surface area contributed by atoms with E-state index in [9.17, 15) is 22.7 Å². The number of ether oxygens (including phenoxy) is 1. The maximum Gasteiger partial charge on any atom is 0.264 e. The number of aliphatic hydroxyl groups excluding tert-OH is 2. The number of fused-ring (bicyclic) bond motifs is 1. The molecular weight excluding hydrogens is 469 g/mol. The Kier molecular flexibility index (Phi) is 7.56. The van der Waals surface area contributed by atoms with Crippen molar-refractivity contribution in [3.8, 4) is 16.9 Å². The lowest BCUT2D eigenvalue weighted by Crippen LogP contribution is -2.49. The highest BCUT2D eigenvalue weighted by atomic mass is 32.2. The average molecular weight is 496 g/mol. The maximum absolute atomic E-state index is 14.7. The van der Waals surface area contributed by atoms with E-state index in [0.717, 1.165) is 6.26 Å². The van der Waals surface area contributed by atoms with Gasteiger partial charge in [0.2, 0.25) is 0 Å². The molecule has 0 bridgehead atoms. The molecule has 1 amide bonds. The molecule has 184 valence electrons. The monoisotopic (exact) mass is 495 g/mol. The molecule has 0 spiro atoms. The molecule has 0 fully saturated rings. The summed E-state index contributed by atoms with van der Waals surface area (Å²) >= 11 is 0. The summed E-state index contributed by atoms with van der Waals surface area (Å²) in [6.45, 7) is 0.687. The van der Waals surface area contributed by atoms with Crippen molar-refractivity contribution in [1.82, 2.24) is 15.3 Å². The highest BCUT2D eigenvalue weighted by molar-refractivity contribution is 7.92. The van der Waals surface area contributed by atoms with E-state index in [0.29, 0.717) is 22.0 Å². The van der Waals surface area contributed by atoms with E-state index in [1.165, 1.54) is 29.2 Å². The smallest absolute Gasteiger partial charge is 0.264 e. The Morgan fingerprint density at radius 3 is 2.65 bits per heavy atom. The van der Waals surface area contributed by atoms with E-state index in [1.807, 2.05) is 0 Å². The van der Waals surface area contributed by atoms with Gasteiger partial charge >= 0.3 is 0 Å². The molecular formula is C22H26FN3O7S. The van der Waals surface area contributed by atoms with E-state index >= 15 is 0 Å². The Morgan fingerprint density at radius 2 is 2.03 bits per heavy atom. The fourth-order valence-corrected chi connectivity index (χ4v) is 4.18. The minimum absolute atomic E-state index is 0.0844. The van der Waals surface area contributed by atoms with Crippen LogP contribution in [0, 0.1) is 5.82 Å². The number of amides is 1. The molecule has 0 radical (unpaired) electrons. The lowest BCUT2D eigenvalue weighted by molar-refractivity contribution is -0.131. The topological polar surface area (TPSA) is 151 Å². The van der Waals surface area contributed by atoms with Gasteiger partial charge in [-0.15, -0.1) is 0 Å². The van der Waals surface area contributed by atoms with Crippen molar-refractivity contribution >= 4 is 26.6 Å². The zero-order valence-corrected chi connectivity index (χ0v) is 19.4. The molecule has 2 unspecified atom stereocenters. The molecule has 3 aromatic rings. The predicted molar refractivity (Wildman–Crippen MR) is 122 cm³/mol. The number of nitrogens with zero attached hydrogens (tertiary/aromatic N) is 2. The van der Waals surface area contributed by atoms with E-state index in [-0.39, 0.29) is 25.3 Å². The second-order valence-corrected chi connectivity index (χ2v) is 10.6. The highest BCUT2D eigenvalue weighted by Crippen LogP contribution is 2.29. The van der Waals surface area contributed by atoms with Crippen LogP contribution in [0.5, 0.6) is 5.75 Å². The summed E-state index contributed by atoms with van der Waals surface area (Å²) in [4.78, 5) is 12.0. The molecule has 1 heterocycles. The SMILES string of the molecule is CC(CCn1cc2cc(-c3ccc(OCC(O)CO)cc3F)ccc2n1)(C(=O)NO)S(C)(=O)=O. The number of sulfone groups is 1. The molecule has 0 saturated carbocycles. The molecule has 0 aliphatic heterocycles. The van der Waals surface area contributed by atoms with Gasteiger partial charge in [-0.1, -0.05) is 6.07 Å². The Labute approximate surface area is 195 Å². The number of nitrogens with one attached hydrogen (secondary N) is 1. The lowest BCUT2D eigenvalue weighted by atomic mass is 10.0. The van der Waals surface area contributed by atoms with Crippen molar-refractivity contribution in [3.63, 3.8) is 0 Å². The average Bonchev–Trinajstić information content (AvgIpc) is 3.21. The molecule has 12 heteroatoms. The summed E-state index contributed by atoms with van der Waals surface area (Å²) in [5.74, 6) is -1.35. The number of hydrogen-bond acceptors (Lipinski definition) is 8. The van der Waals surface area contributed by atoms with Crippen molar-refractivity contribution in [2.45, 2.75) is 30.7 Å². The first-order valence-electron chi connectivity index (χ1n) is 10.3. The fraction of sp³-hybridized carbons (Fsp3) is 0.364. The normalized spacial score (nSPS) is 14.5. The molecule has 3 rings (SSSR count). The van der Waals surface area contributed by atoms with Crippen LogP contribution in [0.25, 0.3) is 22.0 Å². The first-order chi connectivity index (χ1) is 16.0. The van der Waals surface area contributed by atoms with E-state index < -0.39 is 39.0 Å². The second-order valence-electron chi connectivity index (χ2n) is 8.15. The Hall–Kier alpha value is -3.06. The van der Waals surface area contributed by atoms with Crippen molar-refractivity contribution in [3.05, 3.63) is 48.4 Å². The van der Waals surface area contributed by atoms with Gasteiger partial charge in [0.25, 0.3) is 5.91 Å².